The van der Waals surface area contributed by atoms with Crippen molar-refractivity contribution >= 4 is 21.6 Å². The highest BCUT2D eigenvalue weighted by Gasteiger charge is 2.33. The minimum atomic E-state index is -4.20. The largest absolute Gasteiger partial charge is 0.437 e. The van der Waals surface area contributed by atoms with E-state index in [-0.39, 0.29) is 54.6 Å². The van der Waals surface area contributed by atoms with Crippen LogP contribution in [0.15, 0.2) is 41.3 Å². The second-order valence-electron chi connectivity index (χ2n) is 10.3. The molecule has 1 amide bonds. The van der Waals surface area contributed by atoms with Gasteiger partial charge in [0.05, 0.1) is 29.9 Å². The van der Waals surface area contributed by atoms with Gasteiger partial charge in [0.1, 0.15) is 10.6 Å². The minimum Gasteiger partial charge on any atom is -0.437 e. The SMILES string of the molecule is Cc1ccc(C)c(-n2nc(C(=O)NCC3CCCO3)c(C)c2Oc2ccc([N+](=O)[O-])cc2S(=O)(=O)N2CCOCC2)c1. The highest BCUT2D eigenvalue weighted by atomic mass is 32.2. The van der Waals surface area contributed by atoms with Gasteiger partial charge in [-0.05, 0) is 56.9 Å². The summed E-state index contributed by atoms with van der Waals surface area (Å²) in [5.74, 6) is -0.451. The maximum atomic E-state index is 13.7. The van der Waals surface area contributed by atoms with Crippen molar-refractivity contribution in [2.45, 2.75) is 44.6 Å². The smallest absolute Gasteiger partial charge is 0.272 e. The number of carbonyl (C=O) groups excluding carboxylic acids is 1. The summed E-state index contributed by atoms with van der Waals surface area (Å²) in [5.41, 5.74) is 2.47. The Morgan fingerprint density at radius 1 is 1.14 bits per heavy atom. The van der Waals surface area contributed by atoms with Crippen molar-refractivity contribution in [2.24, 2.45) is 0 Å². The fourth-order valence-electron chi connectivity index (χ4n) is 4.95. The van der Waals surface area contributed by atoms with Crippen LogP contribution in [0.5, 0.6) is 11.6 Å². The first-order valence-electron chi connectivity index (χ1n) is 13.7. The third-order valence-corrected chi connectivity index (χ3v) is 9.24. The highest BCUT2D eigenvalue weighted by molar-refractivity contribution is 7.89. The van der Waals surface area contributed by atoms with Gasteiger partial charge >= 0.3 is 0 Å². The fraction of sp³-hybridized carbons (Fsp3) is 0.429. The van der Waals surface area contributed by atoms with E-state index in [0.29, 0.717) is 24.4 Å². The number of carbonyl (C=O) groups is 1. The van der Waals surface area contributed by atoms with Crippen LogP contribution in [0.1, 0.15) is 40.0 Å². The lowest BCUT2D eigenvalue weighted by Gasteiger charge is -2.26. The zero-order valence-electron chi connectivity index (χ0n) is 23.7. The molecule has 0 aliphatic carbocycles. The van der Waals surface area contributed by atoms with Crippen molar-refractivity contribution in [3.63, 3.8) is 0 Å². The summed E-state index contributed by atoms with van der Waals surface area (Å²) in [6.07, 6.45) is 1.72. The maximum Gasteiger partial charge on any atom is 0.272 e. The number of morpholine rings is 1. The Bertz CT molecular complexity index is 1610. The van der Waals surface area contributed by atoms with Gasteiger partial charge in [0.25, 0.3) is 11.6 Å². The number of hydrogen-bond acceptors (Lipinski definition) is 9. The van der Waals surface area contributed by atoms with Crippen LogP contribution in [0.3, 0.4) is 0 Å². The molecule has 14 heteroatoms. The minimum absolute atomic E-state index is 0.0702. The van der Waals surface area contributed by atoms with Crippen LogP contribution in [0.4, 0.5) is 5.69 Å². The molecule has 2 fully saturated rings. The molecule has 3 aromatic rings. The lowest BCUT2D eigenvalue weighted by Crippen LogP contribution is -2.40. The zero-order valence-corrected chi connectivity index (χ0v) is 24.5. The number of amides is 1. The summed E-state index contributed by atoms with van der Waals surface area (Å²) < 4.78 is 47.3. The molecule has 1 N–H and O–H groups in total. The quantitative estimate of drug-likeness (QED) is 0.288. The first-order chi connectivity index (χ1) is 20.1. The van der Waals surface area contributed by atoms with Crippen molar-refractivity contribution in [3.8, 4) is 17.3 Å². The standard InChI is InChI=1S/C28H33N5O8S/c1-18-6-7-19(2)23(15-18)32-28(20(3)26(30-32)27(34)29-17-22-5-4-12-40-22)41-24-9-8-21(33(35)36)16-25(24)42(37,38)31-10-13-39-14-11-31/h6-9,15-16,22H,4-5,10-14,17H2,1-3H3,(H,29,34). The summed E-state index contributed by atoms with van der Waals surface area (Å²) in [5, 5.41) is 19.1. The van der Waals surface area contributed by atoms with Crippen molar-refractivity contribution in [3.05, 3.63) is 68.9 Å². The van der Waals surface area contributed by atoms with Gasteiger partial charge in [-0.3, -0.25) is 14.9 Å². The number of nitro benzene ring substituents is 1. The van der Waals surface area contributed by atoms with Crippen LogP contribution in [-0.4, -0.2) is 78.9 Å². The van der Waals surface area contributed by atoms with E-state index < -0.39 is 26.5 Å². The molecule has 0 radical (unpaired) electrons. The van der Waals surface area contributed by atoms with Crippen molar-refractivity contribution in [1.29, 1.82) is 0 Å². The number of aromatic nitrogens is 2. The molecule has 1 atom stereocenters. The molecule has 1 aromatic heterocycles. The van der Waals surface area contributed by atoms with Gasteiger partial charge in [0.2, 0.25) is 15.9 Å². The molecule has 0 spiro atoms. The first kappa shape index (κ1) is 29.6. The molecule has 2 aromatic carbocycles. The van der Waals surface area contributed by atoms with Gasteiger partial charge < -0.3 is 19.5 Å². The number of ether oxygens (including phenoxy) is 3. The molecule has 2 saturated heterocycles. The van der Waals surface area contributed by atoms with Crippen molar-refractivity contribution < 1.29 is 32.3 Å². The van der Waals surface area contributed by atoms with E-state index in [1.807, 2.05) is 32.0 Å². The van der Waals surface area contributed by atoms with E-state index in [0.717, 1.165) is 30.0 Å². The molecule has 5 rings (SSSR count). The van der Waals surface area contributed by atoms with Crippen molar-refractivity contribution in [1.82, 2.24) is 19.4 Å². The topological polar surface area (TPSA) is 155 Å². The average Bonchev–Trinajstić information content (AvgIpc) is 3.62. The Balaban J connectivity index is 1.60. The zero-order chi connectivity index (χ0) is 30.0. The normalized spacial score (nSPS) is 17.7. The Morgan fingerprint density at radius 3 is 2.60 bits per heavy atom. The Labute approximate surface area is 243 Å². The molecular weight excluding hydrogens is 566 g/mol. The van der Waals surface area contributed by atoms with Gasteiger partial charge in [-0.15, -0.1) is 0 Å². The number of nitrogens with one attached hydrogen (secondary N) is 1. The number of sulfonamides is 1. The second-order valence-corrected chi connectivity index (χ2v) is 12.2. The Kier molecular flexibility index (Phi) is 8.59. The van der Waals surface area contributed by atoms with Crippen LogP contribution in [-0.2, 0) is 19.5 Å². The van der Waals surface area contributed by atoms with Gasteiger partial charge in [0, 0.05) is 43.9 Å². The molecule has 3 heterocycles. The summed E-state index contributed by atoms with van der Waals surface area (Å²) in [6.45, 7) is 7.04. The first-order valence-corrected chi connectivity index (χ1v) is 15.1. The summed E-state index contributed by atoms with van der Waals surface area (Å²) in [7, 11) is -4.20. The average molecular weight is 600 g/mol. The molecular formula is C28H33N5O8S. The van der Waals surface area contributed by atoms with E-state index >= 15 is 0 Å². The molecule has 0 bridgehead atoms. The van der Waals surface area contributed by atoms with Gasteiger partial charge in [0.15, 0.2) is 5.69 Å². The van der Waals surface area contributed by atoms with Gasteiger partial charge in [-0.1, -0.05) is 12.1 Å². The van der Waals surface area contributed by atoms with E-state index in [1.165, 1.54) is 21.1 Å². The second kappa shape index (κ2) is 12.2. The Hall–Kier alpha value is -3.85. The van der Waals surface area contributed by atoms with Crippen LogP contribution >= 0.6 is 0 Å². The summed E-state index contributed by atoms with van der Waals surface area (Å²) in [6, 6.07) is 9.14. The van der Waals surface area contributed by atoms with E-state index in [2.05, 4.69) is 10.4 Å². The van der Waals surface area contributed by atoms with Gasteiger partial charge in [-0.2, -0.15) is 14.1 Å². The molecule has 42 heavy (non-hydrogen) atoms. The monoisotopic (exact) mass is 599 g/mol. The number of aryl methyl sites for hydroxylation is 2. The third kappa shape index (κ3) is 6.02. The van der Waals surface area contributed by atoms with E-state index in [1.54, 1.807) is 6.92 Å². The molecule has 2 aliphatic heterocycles. The lowest BCUT2D eigenvalue weighted by atomic mass is 10.1. The number of nitrogens with zero attached hydrogens (tertiary/aromatic N) is 4. The maximum absolute atomic E-state index is 13.7. The van der Waals surface area contributed by atoms with Crippen LogP contribution in [0.2, 0.25) is 0 Å². The molecule has 224 valence electrons. The predicted molar refractivity (Wildman–Crippen MR) is 152 cm³/mol. The molecule has 13 nitrogen and oxygen atoms in total. The van der Waals surface area contributed by atoms with Crippen LogP contribution in [0.25, 0.3) is 5.69 Å². The Morgan fingerprint density at radius 2 is 1.90 bits per heavy atom. The molecule has 1 unspecified atom stereocenters. The predicted octanol–water partition coefficient (Wildman–Crippen LogP) is 3.43. The summed E-state index contributed by atoms with van der Waals surface area (Å²) in [4.78, 5) is 23.9. The van der Waals surface area contributed by atoms with Crippen LogP contribution in [0, 0.1) is 30.9 Å². The number of nitro groups is 1. The van der Waals surface area contributed by atoms with E-state index in [4.69, 9.17) is 14.2 Å². The van der Waals surface area contributed by atoms with Crippen molar-refractivity contribution in [2.75, 3.05) is 39.5 Å². The molecule has 0 saturated carbocycles. The highest BCUT2D eigenvalue weighted by Crippen LogP contribution is 2.37. The van der Waals surface area contributed by atoms with Crippen LogP contribution < -0.4 is 10.1 Å². The van der Waals surface area contributed by atoms with Gasteiger partial charge in [-0.25, -0.2) is 8.42 Å². The summed E-state index contributed by atoms with van der Waals surface area (Å²) >= 11 is 0. The molecule has 2 aliphatic rings. The number of rotatable bonds is 9. The fourth-order valence-corrected chi connectivity index (χ4v) is 6.49. The third-order valence-electron chi connectivity index (χ3n) is 7.32. The van der Waals surface area contributed by atoms with E-state index in [9.17, 15) is 23.3 Å². The number of hydrogen-bond donors (Lipinski definition) is 1. The number of benzene rings is 2. The lowest BCUT2D eigenvalue weighted by molar-refractivity contribution is -0.385. The number of non-ortho nitro benzene ring substituents is 1.